The number of carbonyl (C=O) groups is 2. The molecule has 0 bridgehead atoms. The summed E-state index contributed by atoms with van der Waals surface area (Å²) in [5.74, 6) is -1.93. The Morgan fingerprint density at radius 1 is 0.542 bits per heavy atom. The van der Waals surface area contributed by atoms with Crippen LogP contribution in [0.25, 0.3) is 0 Å². The van der Waals surface area contributed by atoms with Gasteiger partial charge >= 0.3 is 5.97 Å². The summed E-state index contributed by atoms with van der Waals surface area (Å²) in [6.07, 6.45) is 20.7. The van der Waals surface area contributed by atoms with E-state index in [-0.39, 0.29) is 6.42 Å². The molecule has 0 radical (unpaired) electrons. The van der Waals surface area contributed by atoms with Gasteiger partial charge in [-0.25, -0.2) is 4.79 Å². The molecule has 0 unspecified atom stereocenters. The van der Waals surface area contributed by atoms with Gasteiger partial charge < -0.3 is 5.11 Å². The van der Waals surface area contributed by atoms with Gasteiger partial charge in [0.25, 0.3) is 0 Å². The average molecular weight is 405 g/mol. The van der Waals surface area contributed by atoms with Gasteiger partial charge in [0.15, 0.2) is 0 Å². The fraction of sp³-hybridized carbons (Fsp3) is 0.900. The van der Waals surface area contributed by atoms with Crippen LogP contribution < -0.4 is 0 Å². The minimum Gasteiger partial charge on any atom is -0.476 e. The first-order valence-electron chi connectivity index (χ1n) is 10.0. The van der Waals surface area contributed by atoms with Gasteiger partial charge in [0.2, 0.25) is 5.78 Å². The van der Waals surface area contributed by atoms with Crippen molar-refractivity contribution in [3.8, 4) is 0 Å². The Labute approximate surface area is 157 Å². The lowest BCUT2D eigenvalue weighted by Crippen LogP contribution is -2.11. The number of ketones is 1. The van der Waals surface area contributed by atoms with Crippen molar-refractivity contribution >= 4 is 27.7 Å². The lowest BCUT2D eigenvalue weighted by atomic mass is 10.0. The quantitative estimate of drug-likeness (QED) is 0.148. The van der Waals surface area contributed by atoms with Crippen LogP contribution in [0, 0.1) is 0 Å². The Morgan fingerprint density at radius 3 is 1.12 bits per heavy atom. The number of rotatable bonds is 19. The normalized spacial score (nSPS) is 10.9. The standard InChI is InChI=1S/C20H37BrO3/c21-18-16-14-12-10-8-6-4-2-1-3-5-7-9-11-13-15-17-19(22)20(23)24/h1-18H2,(H,23,24). The van der Waals surface area contributed by atoms with E-state index in [0.29, 0.717) is 0 Å². The van der Waals surface area contributed by atoms with Gasteiger partial charge in [0.05, 0.1) is 0 Å². The predicted octanol–water partition coefficient (Wildman–Crippen LogP) is 6.67. The maximum Gasteiger partial charge on any atom is 0.372 e. The van der Waals surface area contributed by atoms with Crippen LogP contribution in [0.15, 0.2) is 0 Å². The summed E-state index contributed by atoms with van der Waals surface area (Å²) in [5, 5.41) is 9.62. The van der Waals surface area contributed by atoms with Crippen LogP contribution in [-0.2, 0) is 9.59 Å². The number of Topliss-reactive ketones (excluding diaryl/α,β-unsaturated/α-hetero) is 1. The van der Waals surface area contributed by atoms with Crippen molar-refractivity contribution in [3.63, 3.8) is 0 Å². The smallest absolute Gasteiger partial charge is 0.372 e. The molecule has 0 aromatic heterocycles. The molecule has 0 atom stereocenters. The summed E-state index contributed by atoms with van der Waals surface area (Å²) in [4.78, 5) is 21.3. The summed E-state index contributed by atoms with van der Waals surface area (Å²) >= 11 is 3.47. The Kier molecular flexibility index (Phi) is 18.7. The summed E-state index contributed by atoms with van der Waals surface area (Å²) in [7, 11) is 0. The second-order valence-electron chi connectivity index (χ2n) is 6.82. The molecular formula is C20H37BrO3. The number of aliphatic carboxylic acids is 1. The van der Waals surface area contributed by atoms with E-state index in [1.54, 1.807) is 0 Å². The molecule has 0 aromatic rings. The molecule has 0 saturated heterocycles. The summed E-state index contributed by atoms with van der Waals surface area (Å²) in [6, 6.07) is 0. The molecule has 0 fully saturated rings. The van der Waals surface area contributed by atoms with Gasteiger partial charge in [0.1, 0.15) is 0 Å². The number of hydrogen-bond donors (Lipinski definition) is 1. The third-order valence-corrected chi connectivity index (χ3v) is 5.09. The van der Waals surface area contributed by atoms with Crippen molar-refractivity contribution in [1.82, 2.24) is 0 Å². The van der Waals surface area contributed by atoms with Crippen LogP contribution in [0.1, 0.15) is 109 Å². The van der Waals surface area contributed by atoms with Crippen LogP contribution in [0.2, 0.25) is 0 Å². The molecule has 1 N–H and O–H groups in total. The first-order chi connectivity index (χ1) is 11.7. The molecule has 0 aliphatic carbocycles. The molecule has 0 rings (SSSR count). The van der Waals surface area contributed by atoms with Crippen LogP contribution >= 0.6 is 15.9 Å². The van der Waals surface area contributed by atoms with Crippen LogP contribution in [-0.4, -0.2) is 22.2 Å². The van der Waals surface area contributed by atoms with Gasteiger partial charge in [0, 0.05) is 11.8 Å². The number of halogens is 1. The minimum atomic E-state index is -1.29. The Hall–Kier alpha value is -0.380. The summed E-state index contributed by atoms with van der Waals surface area (Å²) in [5.41, 5.74) is 0. The van der Waals surface area contributed by atoms with E-state index in [9.17, 15) is 9.59 Å². The first kappa shape index (κ1) is 23.6. The SMILES string of the molecule is O=C(O)C(=O)CCCCCCCCCCCCCCCCCCBr. The molecule has 4 heteroatoms. The highest BCUT2D eigenvalue weighted by molar-refractivity contribution is 9.09. The second-order valence-corrected chi connectivity index (χ2v) is 7.62. The highest BCUT2D eigenvalue weighted by atomic mass is 79.9. The van der Waals surface area contributed by atoms with Crippen molar-refractivity contribution < 1.29 is 14.7 Å². The van der Waals surface area contributed by atoms with Crippen molar-refractivity contribution in [1.29, 1.82) is 0 Å². The summed E-state index contributed by atoms with van der Waals surface area (Å²) < 4.78 is 0. The topological polar surface area (TPSA) is 54.4 Å². The van der Waals surface area contributed by atoms with Gasteiger partial charge in [-0.3, -0.25) is 4.79 Å². The zero-order chi connectivity index (χ0) is 17.9. The molecule has 0 aliphatic rings. The lowest BCUT2D eigenvalue weighted by molar-refractivity contribution is -0.149. The van der Waals surface area contributed by atoms with Gasteiger partial charge in [-0.1, -0.05) is 106 Å². The molecular weight excluding hydrogens is 368 g/mol. The van der Waals surface area contributed by atoms with E-state index in [1.807, 2.05) is 0 Å². The van der Waals surface area contributed by atoms with E-state index in [0.717, 1.165) is 24.6 Å². The second kappa shape index (κ2) is 19.0. The number of unbranched alkanes of at least 4 members (excludes halogenated alkanes) is 15. The van der Waals surface area contributed by atoms with E-state index < -0.39 is 11.8 Å². The molecule has 0 aliphatic heterocycles. The third-order valence-electron chi connectivity index (χ3n) is 4.53. The Morgan fingerprint density at radius 2 is 0.833 bits per heavy atom. The molecule has 24 heavy (non-hydrogen) atoms. The highest BCUT2D eigenvalue weighted by Gasteiger charge is 2.09. The number of hydrogen-bond acceptors (Lipinski definition) is 2. The van der Waals surface area contributed by atoms with Crippen molar-refractivity contribution in [2.75, 3.05) is 5.33 Å². The zero-order valence-corrected chi connectivity index (χ0v) is 17.0. The van der Waals surface area contributed by atoms with Crippen LogP contribution in [0.4, 0.5) is 0 Å². The zero-order valence-electron chi connectivity index (χ0n) is 15.4. The lowest BCUT2D eigenvalue weighted by Gasteiger charge is -2.03. The van der Waals surface area contributed by atoms with Gasteiger partial charge in [-0.15, -0.1) is 0 Å². The largest absolute Gasteiger partial charge is 0.476 e. The number of carbonyl (C=O) groups excluding carboxylic acids is 1. The predicted molar refractivity (Wildman–Crippen MR) is 105 cm³/mol. The number of alkyl halides is 1. The fourth-order valence-electron chi connectivity index (χ4n) is 2.96. The van der Waals surface area contributed by atoms with E-state index in [4.69, 9.17) is 5.11 Å². The number of carboxylic acids is 1. The van der Waals surface area contributed by atoms with Crippen molar-refractivity contribution in [3.05, 3.63) is 0 Å². The molecule has 142 valence electrons. The molecule has 0 amide bonds. The fourth-order valence-corrected chi connectivity index (χ4v) is 3.36. The van der Waals surface area contributed by atoms with Crippen LogP contribution in [0.3, 0.4) is 0 Å². The van der Waals surface area contributed by atoms with E-state index in [1.165, 1.54) is 83.5 Å². The molecule has 0 aromatic carbocycles. The minimum absolute atomic E-state index is 0.200. The summed E-state index contributed by atoms with van der Waals surface area (Å²) in [6.45, 7) is 0. The average Bonchev–Trinajstić information content (AvgIpc) is 2.57. The Balaban J connectivity index is 3.05. The monoisotopic (exact) mass is 404 g/mol. The van der Waals surface area contributed by atoms with Crippen molar-refractivity contribution in [2.45, 2.75) is 109 Å². The van der Waals surface area contributed by atoms with Gasteiger partial charge in [-0.05, 0) is 12.8 Å². The van der Waals surface area contributed by atoms with Crippen LogP contribution in [0.5, 0.6) is 0 Å². The van der Waals surface area contributed by atoms with E-state index >= 15 is 0 Å². The maximum atomic E-state index is 10.9. The Bertz CT molecular complexity index is 305. The van der Waals surface area contributed by atoms with Gasteiger partial charge in [-0.2, -0.15) is 0 Å². The molecule has 0 spiro atoms. The van der Waals surface area contributed by atoms with Crippen molar-refractivity contribution in [2.24, 2.45) is 0 Å². The number of carboxylic acid groups (broad SMARTS) is 1. The maximum absolute atomic E-state index is 10.9. The molecule has 0 saturated carbocycles. The first-order valence-corrected chi connectivity index (χ1v) is 11.1. The third kappa shape index (κ3) is 18.0. The molecule has 0 heterocycles. The van der Waals surface area contributed by atoms with E-state index in [2.05, 4.69) is 15.9 Å². The molecule has 3 nitrogen and oxygen atoms in total. The highest BCUT2D eigenvalue weighted by Crippen LogP contribution is 2.14.